The van der Waals surface area contributed by atoms with Crippen LogP contribution in [0, 0.1) is 0 Å². The van der Waals surface area contributed by atoms with E-state index in [2.05, 4.69) is 0 Å². The molecule has 98 valence electrons. The van der Waals surface area contributed by atoms with Gasteiger partial charge in [-0.25, -0.2) is 0 Å². The van der Waals surface area contributed by atoms with Crippen molar-refractivity contribution in [3.8, 4) is 0 Å². The minimum atomic E-state index is 0. The van der Waals surface area contributed by atoms with Crippen molar-refractivity contribution in [2.24, 2.45) is 0 Å². The van der Waals surface area contributed by atoms with Gasteiger partial charge in [-0.15, -0.1) is 0 Å². The van der Waals surface area contributed by atoms with E-state index in [1.54, 1.807) is 0 Å². The normalized spacial score (nSPS) is 0. The van der Waals surface area contributed by atoms with Crippen LogP contribution in [0.4, 0.5) is 0 Å². The summed E-state index contributed by atoms with van der Waals surface area (Å²) in [6.45, 7) is 0. The second kappa shape index (κ2) is 222. The summed E-state index contributed by atoms with van der Waals surface area (Å²) < 4.78 is 0. The summed E-state index contributed by atoms with van der Waals surface area (Å²) >= 11 is 0. The topological polar surface area (TPSA) is 256 Å². The molecule has 17 heavy (non-hydrogen) atoms. The Labute approximate surface area is 275 Å². The first-order chi connectivity index (χ1) is 0. The Hall–Kier alpha value is 7.15. The molecular weight excluding hydrogens is 628 g/mol. The Morgan fingerprint density at radius 3 is 0.294 bits per heavy atom. The molecule has 0 N–H and O–H groups in total. The monoisotopic (exact) mass is 627 g/mol. The molecule has 2 radical (unpaired) electrons. The first-order valence-electron chi connectivity index (χ1n) is 0. The van der Waals surface area contributed by atoms with Gasteiger partial charge in [-0.2, -0.15) is 0 Å². The summed E-state index contributed by atoms with van der Waals surface area (Å²) in [6, 6.07) is 0. The van der Waals surface area contributed by atoms with Crippen LogP contribution in [0.25, 0.3) is 0 Å². The van der Waals surface area contributed by atoms with Crippen molar-refractivity contribution in [1.82, 2.24) is 0 Å². The first kappa shape index (κ1) is 253. The van der Waals surface area contributed by atoms with E-state index in [4.69, 9.17) is 0 Å². The molecular formula is Ca2Fe2Ni2O9Sr2. The van der Waals surface area contributed by atoms with E-state index in [1.165, 1.54) is 0 Å². The van der Waals surface area contributed by atoms with Gasteiger partial charge >= 0.3 is 234 Å². The van der Waals surface area contributed by atoms with Gasteiger partial charge in [0, 0.05) is 0 Å². The van der Waals surface area contributed by atoms with Gasteiger partial charge in [0.15, 0.2) is 0 Å². The summed E-state index contributed by atoms with van der Waals surface area (Å²) in [5.41, 5.74) is 0. The molecule has 0 aromatic carbocycles. The SMILES string of the molecule is [Ca+2].[Ca+2].[Fe+3].[Fe+3].[Ni+2].[Ni+2].[O-2].[O-2].[O-2].[O-2].[O-2].[O-2].[O-2].[O-2].[O-2].[Sr+2].[Sr+2]. The second-order valence-corrected chi connectivity index (χ2v) is 0. The molecule has 0 aromatic heterocycles. The summed E-state index contributed by atoms with van der Waals surface area (Å²) in [5.74, 6) is 0. The molecule has 0 atom stereocenters. The van der Waals surface area contributed by atoms with Crippen LogP contribution in [0.3, 0.4) is 0 Å². The Morgan fingerprint density at radius 1 is 0.294 bits per heavy atom. The van der Waals surface area contributed by atoms with Gasteiger partial charge in [-0.3, -0.25) is 0 Å². The molecule has 0 spiro atoms. The fraction of sp³-hybridized carbons (Fsp3) is 0. The average Bonchev–Trinajstić information content (AvgIpc) is 0. The molecule has 0 aliphatic rings. The Morgan fingerprint density at radius 2 is 0.294 bits per heavy atom. The van der Waals surface area contributed by atoms with E-state index >= 15 is 0 Å². The summed E-state index contributed by atoms with van der Waals surface area (Å²) in [4.78, 5) is 0. The third-order valence-corrected chi connectivity index (χ3v) is 0. The van der Waals surface area contributed by atoms with Crippen LogP contribution in [0.5, 0.6) is 0 Å². The number of hydrogen-bond acceptors (Lipinski definition) is 0. The van der Waals surface area contributed by atoms with Gasteiger partial charge < -0.3 is 49.3 Å². The predicted octanol–water partition coefficient (Wildman–Crippen LogP) is -2.60. The molecule has 0 amide bonds. The zero-order valence-corrected chi connectivity index (χ0v) is 23.4. The molecule has 0 unspecified atom stereocenters. The molecule has 0 aliphatic carbocycles. The van der Waals surface area contributed by atoms with Gasteiger partial charge in [0.1, 0.15) is 0 Å². The van der Waals surface area contributed by atoms with Gasteiger partial charge in [0.05, 0.1) is 0 Å². The molecule has 0 bridgehead atoms. The van der Waals surface area contributed by atoms with Crippen LogP contribution in [-0.2, 0) is 116 Å². The van der Waals surface area contributed by atoms with Crippen molar-refractivity contribution >= 4 is 166 Å². The minimum absolute atomic E-state index is 0. The predicted molar refractivity (Wildman–Crippen MR) is 29.2 cm³/mol. The van der Waals surface area contributed by atoms with Gasteiger partial charge in [0.25, 0.3) is 0 Å². The molecule has 9 nitrogen and oxygen atoms in total. The van der Waals surface area contributed by atoms with Crippen LogP contribution in [-0.4, -0.2) is 166 Å². The van der Waals surface area contributed by atoms with E-state index in [-0.39, 0.29) is 283 Å². The maximum atomic E-state index is 0. The maximum Gasteiger partial charge on any atom is 3.00 e. The van der Waals surface area contributed by atoms with Crippen LogP contribution in [0.2, 0.25) is 0 Å². The van der Waals surface area contributed by atoms with Gasteiger partial charge in [0.2, 0.25) is 0 Å². The number of hydrogen-bond donors (Lipinski definition) is 0. The maximum absolute atomic E-state index is 0. The van der Waals surface area contributed by atoms with Gasteiger partial charge in [-0.05, 0) is 0 Å². The van der Waals surface area contributed by atoms with Crippen LogP contribution < -0.4 is 0 Å². The van der Waals surface area contributed by atoms with E-state index in [0.717, 1.165) is 0 Å². The minimum Gasteiger partial charge on any atom is -2.00 e. The van der Waals surface area contributed by atoms with E-state index in [9.17, 15) is 0 Å². The Kier molecular flexibility index (Phi) is 3310. The Balaban J connectivity index is 0. The van der Waals surface area contributed by atoms with Crippen molar-refractivity contribution in [3.63, 3.8) is 0 Å². The molecule has 0 saturated carbocycles. The third-order valence-electron chi connectivity index (χ3n) is 0. The summed E-state index contributed by atoms with van der Waals surface area (Å²) in [5, 5.41) is 0. The van der Waals surface area contributed by atoms with E-state index < -0.39 is 0 Å². The first-order valence-corrected chi connectivity index (χ1v) is 0. The smallest absolute Gasteiger partial charge is 2.00 e. The van der Waals surface area contributed by atoms with Crippen molar-refractivity contribution < 1.29 is 116 Å². The van der Waals surface area contributed by atoms with Crippen LogP contribution >= 0.6 is 0 Å². The van der Waals surface area contributed by atoms with Gasteiger partial charge in [-0.1, -0.05) is 0 Å². The number of rotatable bonds is 0. The van der Waals surface area contributed by atoms with Crippen molar-refractivity contribution in [1.29, 1.82) is 0 Å². The molecule has 0 saturated heterocycles. The largest absolute Gasteiger partial charge is 3.00 e. The molecule has 0 rings (SSSR count). The second-order valence-electron chi connectivity index (χ2n) is 0. The van der Waals surface area contributed by atoms with E-state index in [0.29, 0.717) is 0 Å². The summed E-state index contributed by atoms with van der Waals surface area (Å²) in [7, 11) is 0. The third kappa shape index (κ3) is 203. The summed E-state index contributed by atoms with van der Waals surface area (Å²) in [6.07, 6.45) is 0. The fourth-order valence-corrected chi connectivity index (χ4v) is 0. The van der Waals surface area contributed by atoms with Crippen molar-refractivity contribution in [2.45, 2.75) is 0 Å². The quantitative estimate of drug-likeness (QED) is 0.250. The average molecular weight is 628 g/mol. The standard InChI is InChI=1S/2Ca.2Fe.2Ni.9O.2Sr/q2*+2;2*+3;2*+2;9*-2;2*+2. The molecule has 0 fully saturated rings. The fourth-order valence-electron chi connectivity index (χ4n) is 0. The van der Waals surface area contributed by atoms with Crippen LogP contribution in [0.1, 0.15) is 0 Å². The Bertz CT molecular complexity index is 33.0. The molecule has 0 heterocycles. The zero-order valence-electron chi connectivity index (χ0n) is 7.84. The van der Waals surface area contributed by atoms with Crippen molar-refractivity contribution in [2.75, 3.05) is 0 Å². The zero-order chi connectivity index (χ0) is 0. The van der Waals surface area contributed by atoms with E-state index in [1.807, 2.05) is 0 Å². The molecule has 0 aromatic rings. The van der Waals surface area contributed by atoms with Crippen molar-refractivity contribution in [3.05, 3.63) is 0 Å². The molecule has 0 aliphatic heterocycles. The molecule has 17 heteroatoms. The van der Waals surface area contributed by atoms with Crippen LogP contribution in [0.15, 0.2) is 0 Å².